The third kappa shape index (κ3) is 4.44. The van der Waals surface area contributed by atoms with E-state index in [1.165, 1.54) is 0 Å². The smallest absolute Gasteiger partial charge is 0.251 e. The van der Waals surface area contributed by atoms with Gasteiger partial charge in [0.15, 0.2) is 0 Å². The third-order valence-corrected chi connectivity index (χ3v) is 4.30. The van der Waals surface area contributed by atoms with Crippen LogP contribution in [0, 0.1) is 0 Å². The number of rotatable bonds is 7. The Morgan fingerprint density at radius 2 is 1.81 bits per heavy atom. The molecular weight excluding hydrogens is 338 g/mol. The molecule has 27 heavy (non-hydrogen) atoms. The van der Waals surface area contributed by atoms with E-state index < -0.39 is 0 Å². The number of hydrogen-bond donors (Lipinski definition) is 1. The Balaban J connectivity index is 1.75. The first kappa shape index (κ1) is 18.5. The maximum Gasteiger partial charge on any atom is 0.251 e. The SMILES string of the molecule is CCN(c1ccccc1)c1cc(C(=O)NCc2ccccc2OC)ccn1. The maximum absolute atomic E-state index is 12.6. The Morgan fingerprint density at radius 3 is 2.56 bits per heavy atom. The normalized spacial score (nSPS) is 10.3. The minimum Gasteiger partial charge on any atom is -0.496 e. The molecule has 1 N–H and O–H groups in total. The molecule has 0 radical (unpaired) electrons. The van der Waals surface area contributed by atoms with Gasteiger partial charge in [0, 0.05) is 36.1 Å². The van der Waals surface area contributed by atoms with Crippen molar-refractivity contribution in [1.82, 2.24) is 10.3 Å². The lowest BCUT2D eigenvalue weighted by Gasteiger charge is -2.22. The number of carbonyl (C=O) groups is 1. The summed E-state index contributed by atoms with van der Waals surface area (Å²) >= 11 is 0. The second kappa shape index (κ2) is 8.85. The first-order valence-corrected chi connectivity index (χ1v) is 8.91. The summed E-state index contributed by atoms with van der Waals surface area (Å²) in [5.74, 6) is 1.36. The van der Waals surface area contributed by atoms with Gasteiger partial charge in [-0.25, -0.2) is 4.98 Å². The molecule has 0 bridgehead atoms. The van der Waals surface area contributed by atoms with E-state index in [2.05, 4.69) is 22.1 Å². The average Bonchev–Trinajstić information content (AvgIpc) is 2.74. The van der Waals surface area contributed by atoms with Gasteiger partial charge in [0.25, 0.3) is 5.91 Å². The number of nitrogens with one attached hydrogen (secondary N) is 1. The van der Waals surface area contributed by atoms with Crippen LogP contribution in [-0.2, 0) is 6.54 Å². The molecule has 5 heteroatoms. The summed E-state index contributed by atoms with van der Waals surface area (Å²) in [5.41, 5.74) is 2.55. The van der Waals surface area contributed by atoms with E-state index >= 15 is 0 Å². The Hall–Kier alpha value is -3.34. The highest BCUT2D eigenvalue weighted by molar-refractivity contribution is 5.95. The van der Waals surface area contributed by atoms with Gasteiger partial charge in [0.1, 0.15) is 11.6 Å². The molecule has 0 unspecified atom stereocenters. The summed E-state index contributed by atoms with van der Waals surface area (Å²) in [6, 6.07) is 21.2. The number of hydrogen-bond acceptors (Lipinski definition) is 4. The Kier molecular flexibility index (Phi) is 6.05. The molecule has 0 saturated heterocycles. The van der Waals surface area contributed by atoms with Gasteiger partial charge in [0.2, 0.25) is 0 Å². The minimum absolute atomic E-state index is 0.145. The van der Waals surface area contributed by atoms with Gasteiger partial charge >= 0.3 is 0 Å². The summed E-state index contributed by atoms with van der Waals surface area (Å²) in [7, 11) is 1.62. The molecule has 0 aliphatic rings. The zero-order valence-corrected chi connectivity index (χ0v) is 15.6. The van der Waals surface area contributed by atoms with E-state index in [-0.39, 0.29) is 5.91 Å². The van der Waals surface area contributed by atoms with E-state index in [9.17, 15) is 4.79 Å². The lowest BCUT2D eigenvalue weighted by molar-refractivity contribution is 0.0950. The largest absolute Gasteiger partial charge is 0.496 e. The fraction of sp³-hybridized carbons (Fsp3) is 0.182. The van der Waals surface area contributed by atoms with Gasteiger partial charge in [-0.3, -0.25) is 4.79 Å². The van der Waals surface area contributed by atoms with Crippen LogP contribution in [0.2, 0.25) is 0 Å². The monoisotopic (exact) mass is 361 g/mol. The predicted octanol–water partition coefficient (Wildman–Crippen LogP) is 4.18. The second-order valence-electron chi connectivity index (χ2n) is 5.98. The first-order chi connectivity index (χ1) is 13.2. The van der Waals surface area contributed by atoms with Gasteiger partial charge < -0.3 is 15.0 Å². The molecule has 2 aromatic carbocycles. The molecule has 0 saturated carbocycles. The molecule has 3 aromatic rings. The van der Waals surface area contributed by atoms with Crippen LogP contribution in [-0.4, -0.2) is 24.5 Å². The number of anilines is 2. The van der Waals surface area contributed by atoms with Gasteiger partial charge in [-0.2, -0.15) is 0 Å². The van der Waals surface area contributed by atoms with Crippen molar-refractivity contribution in [3.8, 4) is 5.75 Å². The summed E-state index contributed by atoms with van der Waals surface area (Å²) in [5, 5.41) is 2.95. The van der Waals surface area contributed by atoms with Gasteiger partial charge in [-0.15, -0.1) is 0 Å². The molecule has 1 aromatic heterocycles. The topological polar surface area (TPSA) is 54.5 Å². The standard InChI is InChI=1S/C22H23N3O2/c1-3-25(19-10-5-4-6-11-19)21-15-17(13-14-23-21)22(26)24-16-18-9-7-8-12-20(18)27-2/h4-15H,3,16H2,1-2H3,(H,24,26). The van der Waals surface area contributed by atoms with Gasteiger partial charge in [0.05, 0.1) is 7.11 Å². The van der Waals surface area contributed by atoms with E-state index in [1.54, 1.807) is 19.4 Å². The van der Waals surface area contributed by atoms with Crippen molar-refractivity contribution >= 4 is 17.4 Å². The number of ether oxygens (including phenoxy) is 1. The van der Waals surface area contributed by atoms with Crippen LogP contribution < -0.4 is 15.0 Å². The summed E-state index contributed by atoms with van der Waals surface area (Å²) in [6.07, 6.45) is 1.67. The van der Waals surface area contributed by atoms with Crippen LogP contribution in [0.4, 0.5) is 11.5 Å². The molecule has 0 aliphatic carbocycles. The zero-order chi connectivity index (χ0) is 19.1. The maximum atomic E-state index is 12.6. The van der Waals surface area contributed by atoms with Crippen molar-refractivity contribution in [1.29, 1.82) is 0 Å². The Bertz CT molecular complexity index is 897. The van der Waals surface area contributed by atoms with Gasteiger partial charge in [-0.05, 0) is 37.3 Å². The number of aromatic nitrogens is 1. The van der Waals surface area contributed by atoms with E-state index in [4.69, 9.17) is 4.74 Å². The number of pyridine rings is 1. The molecule has 5 nitrogen and oxygen atoms in total. The molecule has 1 heterocycles. The quantitative estimate of drug-likeness (QED) is 0.686. The van der Waals surface area contributed by atoms with Crippen LogP contribution in [0.3, 0.4) is 0 Å². The summed E-state index contributed by atoms with van der Waals surface area (Å²) in [4.78, 5) is 19.1. The number of methoxy groups -OCH3 is 1. The molecule has 0 atom stereocenters. The van der Waals surface area contributed by atoms with Crippen LogP contribution in [0.25, 0.3) is 0 Å². The van der Waals surface area contributed by atoms with E-state index in [1.807, 2.05) is 60.7 Å². The van der Waals surface area contributed by atoms with Crippen molar-refractivity contribution in [3.63, 3.8) is 0 Å². The van der Waals surface area contributed by atoms with Crippen molar-refractivity contribution in [2.75, 3.05) is 18.6 Å². The number of nitrogens with zero attached hydrogens (tertiary/aromatic N) is 2. The van der Waals surface area contributed by atoms with Crippen molar-refractivity contribution in [2.24, 2.45) is 0 Å². The molecule has 138 valence electrons. The highest BCUT2D eigenvalue weighted by Gasteiger charge is 2.12. The molecular formula is C22H23N3O2. The average molecular weight is 361 g/mol. The van der Waals surface area contributed by atoms with E-state index in [0.717, 1.165) is 29.4 Å². The molecule has 3 rings (SSSR count). The van der Waals surface area contributed by atoms with Crippen LogP contribution in [0.1, 0.15) is 22.8 Å². The number of para-hydroxylation sites is 2. The van der Waals surface area contributed by atoms with Crippen LogP contribution in [0.15, 0.2) is 72.9 Å². The Morgan fingerprint density at radius 1 is 1.07 bits per heavy atom. The second-order valence-corrected chi connectivity index (χ2v) is 5.98. The van der Waals surface area contributed by atoms with Gasteiger partial charge in [-0.1, -0.05) is 36.4 Å². The third-order valence-electron chi connectivity index (χ3n) is 4.30. The highest BCUT2D eigenvalue weighted by Crippen LogP contribution is 2.23. The predicted molar refractivity (Wildman–Crippen MR) is 108 cm³/mol. The first-order valence-electron chi connectivity index (χ1n) is 8.91. The minimum atomic E-state index is -0.145. The van der Waals surface area contributed by atoms with E-state index in [0.29, 0.717) is 12.1 Å². The Labute approximate surface area is 159 Å². The fourth-order valence-electron chi connectivity index (χ4n) is 2.92. The fourth-order valence-corrected chi connectivity index (χ4v) is 2.92. The summed E-state index contributed by atoms with van der Waals surface area (Å²) in [6.45, 7) is 3.21. The van der Waals surface area contributed by atoms with Crippen molar-refractivity contribution in [3.05, 3.63) is 84.1 Å². The van der Waals surface area contributed by atoms with Crippen molar-refractivity contribution < 1.29 is 9.53 Å². The lowest BCUT2D eigenvalue weighted by atomic mass is 10.2. The number of amides is 1. The lowest BCUT2D eigenvalue weighted by Crippen LogP contribution is -2.24. The zero-order valence-electron chi connectivity index (χ0n) is 15.6. The molecule has 1 amide bonds. The molecule has 0 fully saturated rings. The van der Waals surface area contributed by atoms with Crippen LogP contribution in [0.5, 0.6) is 5.75 Å². The number of benzene rings is 2. The van der Waals surface area contributed by atoms with Crippen LogP contribution >= 0.6 is 0 Å². The molecule has 0 aliphatic heterocycles. The highest BCUT2D eigenvalue weighted by atomic mass is 16.5. The van der Waals surface area contributed by atoms with Crippen molar-refractivity contribution in [2.45, 2.75) is 13.5 Å². The summed E-state index contributed by atoms with van der Waals surface area (Å²) < 4.78 is 5.33. The number of carbonyl (C=O) groups excluding carboxylic acids is 1. The molecule has 0 spiro atoms.